The van der Waals surface area contributed by atoms with Crippen LogP contribution in [-0.4, -0.2) is 22.6 Å². The molecular weight excluding hydrogens is 366 g/mol. The average molecular weight is 384 g/mol. The van der Waals surface area contributed by atoms with Gasteiger partial charge in [0.2, 0.25) is 0 Å². The zero-order valence-electron chi connectivity index (χ0n) is 13.3. The number of nitrogens with one attached hydrogen (secondary N) is 2. The first-order valence-electron chi connectivity index (χ1n) is 7.78. The summed E-state index contributed by atoms with van der Waals surface area (Å²) in [7, 11) is 0. The maximum atomic E-state index is 12.3. The summed E-state index contributed by atoms with van der Waals surface area (Å²) >= 11 is 3.41. The van der Waals surface area contributed by atoms with Crippen molar-refractivity contribution in [1.29, 1.82) is 0 Å². The number of hydrogen-bond acceptors (Lipinski definition) is 2. The number of benzene rings is 2. The van der Waals surface area contributed by atoms with Gasteiger partial charge in [-0.1, -0.05) is 65.3 Å². The van der Waals surface area contributed by atoms with Gasteiger partial charge in [0.1, 0.15) is 5.69 Å². The van der Waals surface area contributed by atoms with E-state index in [9.17, 15) is 4.79 Å². The first kappa shape index (κ1) is 16.5. The van der Waals surface area contributed by atoms with E-state index >= 15 is 0 Å². The lowest BCUT2D eigenvalue weighted by Crippen LogP contribution is -2.27. The number of hydrogen-bond donors (Lipinski definition) is 2. The van der Waals surface area contributed by atoms with E-state index in [0.29, 0.717) is 12.2 Å². The number of halogens is 1. The Balaban J connectivity index is 1.63. The van der Waals surface area contributed by atoms with Crippen LogP contribution in [0.4, 0.5) is 0 Å². The second-order valence-electron chi connectivity index (χ2n) is 5.70. The summed E-state index contributed by atoms with van der Waals surface area (Å²) in [5.74, 6) is 0.109. The van der Waals surface area contributed by atoms with Gasteiger partial charge in [0.15, 0.2) is 0 Å². The fraction of sp³-hybridized carbons (Fsp3) is 0.158. The molecule has 0 aliphatic rings. The van der Waals surface area contributed by atoms with Gasteiger partial charge in [0.05, 0.1) is 5.69 Å². The minimum atomic E-state index is -0.145. The van der Waals surface area contributed by atoms with E-state index in [1.807, 2.05) is 42.5 Å². The van der Waals surface area contributed by atoms with Crippen molar-refractivity contribution >= 4 is 21.8 Å². The quantitative estimate of drug-likeness (QED) is 0.686. The number of carbonyl (C=O) groups excluding carboxylic acids is 1. The Morgan fingerprint density at radius 2 is 1.88 bits per heavy atom. The third-order valence-corrected chi connectivity index (χ3v) is 4.43. The predicted octanol–water partition coefficient (Wildman–Crippen LogP) is 4.37. The molecule has 0 spiro atoms. The van der Waals surface area contributed by atoms with E-state index in [0.717, 1.165) is 15.7 Å². The van der Waals surface area contributed by atoms with Crippen molar-refractivity contribution in [2.45, 2.75) is 12.8 Å². The van der Waals surface area contributed by atoms with Gasteiger partial charge in [0.25, 0.3) is 5.91 Å². The summed E-state index contributed by atoms with van der Waals surface area (Å²) in [5, 5.41) is 9.98. The molecule has 1 atom stereocenters. The van der Waals surface area contributed by atoms with Crippen LogP contribution < -0.4 is 5.32 Å². The molecule has 3 rings (SSSR count). The van der Waals surface area contributed by atoms with Crippen molar-refractivity contribution in [1.82, 2.24) is 15.5 Å². The molecule has 0 aliphatic carbocycles. The minimum absolute atomic E-state index is 0.145. The topological polar surface area (TPSA) is 57.8 Å². The van der Waals surface area contributed by atoms with E-state index in [4.69, 9.17) is 0 Å². The largest absolute Gasteiger partial charge is 0.350 e. The van der Waals surface area contributed by atoms with Crippen molar-refractivity contribution < 1.29 is 4.79 Å². The molecule has 2 aromatic carbocycles. The van der Waals surface area contributed by atoms with Gasteiger partial charge in [-0.15, -0.1) is 0 Å². The van der Waals surface area contributed by atoms with Gasteiger partial charge in [-0.2, -0.15) is 5.10 Å². The predicted molar refractivity (Wildman–Crippen MR) is 98.9 cm³/mol. The normalized spacial score (nSPS) is 11.9. The summed E-state index contributed by atoms with van der Waals surface area (Å²) in [6.07, 6.45) is 0. The number of rotatable bonds is 5. The van der Waals surface area contributed by atoms with Crippen LogP contribution in [0.25, 0.3) is 11.3 Å². The van der Waals surface area contributed by atoms with Gasteiger partial charge in [-0.05, 0) is 29.7 Å². The lowest BCUT2D eigenvalue weighted by Gasteiger charge is -2.12. The number of amides is 1. The molecule has 1 heterocycles. The number of aromatic nitrogens is 2. The van der Waals surface area contributed by atoms with Crippen LogP contribution in [0.2, 0.25) is 0 Å². The summed E-state index contributed by atoms with van der Waals surface area (Å²) < 4.78 is 1.01. The van der Waals surface area contributed by atoms with Gasteiger partial charge in [-0.3, -0.25) is 9.89 Å². The van der Waals surface area contributed by atoms with E-state index < -0.39 is 0 Å². The highest BCUT2D eigenvalue weighted by Gasteiger charge is 2.12. The molecule has 122 valence electrons. The van der Waals surface area contributed by atoms with Gasteiger partial charge >= 0.3 is 0 Å². The molecule has 0 aliphatic heterocycles. The molecular formula is C19H18BrN3O. The molecule has 2 N–H and O–H groups in total. The van der Waals surface area contributed by atoms with Crippen LogP contribution >= 0.6 is 15.9 Å². The Kier molecular flexibility index (Phi) is 5.11. The Morgan fingerprint density at radius 1 is 1.17 bits per heavy atom. The molecule has 0 bridgehead atoms. The van der Waals surface area contributed by atoms with E-state index in [-0.39, 0.29) is 11.8 Å². The molecule has 5 heteroatoms. The van der Waals surface area contributed by atoms with Crippen molar-refractivity contribution in [3.05, 3.63) is 76.4 Å². The van der Waals surface area contributed by atoms with Gasteiger partial charge in [0, 0.05) is 16.6 Å². The molecule has 0 radical (unpaired) electrons. The Bertz CT molecular complexity index is 812. The van der Waals surface area contributed by atoms with Crippen molar-refractivity contribution in [3.63, 3.8) is 0 Å². The molecule has 1 unspecified atom stereocenters. The molecule has 0 saturated carbocycles. The highest BCUT2D eigenvalue weighted by atomic mass is 79.9. The highest BCUT2D eigenvalue weighted by molar-refractivity contribution is 9.10. The standard InChI is InChI=1S/C19H18BrN3O/c1-13(14-5-3-2-4-6-14)12-21-19(24)18-11-17(22-23-18)15-7-9-16(20)10-8-15/h2-11,13H,12H2,1H3,(H,21,24)(H,22,23). The van der Waals surface area contributed by atoms with Crippen LogP contribution in [0.3, 0.4) is 0 Å². The molecule has 1 amide bonds. The molecule has 1 aromatic heterocycles. The average Bonchev–Trinajstić information content (AvgIpc) is 3.11. The van der Waals surface area contributed by atoms with Gasteiger partial charge in [-0.25, -0.2) is 0 Å². The number of H-pyrrole nitrogens is 1. The van der Waals surface area contributed by atoms with Crippen LogP contribution in [0.5, 0.6) is 0 Å². The zero-order valence-corrected chi connectivity index (χ0v) is 14.9. The Labute approximate surface area is 149 Å². The third-order valence-electron chi connectivity index (χ3n) is 3.90. The third kappa shape index (κ3) is 3.92. The van der Waals surface area contributed by atoms with E-state index in [1.54, 1.807) is 6.07 Å². The van der Waals surface area contributed by atoms with Crippen LogP contribution in [-0.2, 0) is 0 Å². The lowest BCUT2D eigenvalue weighted by molar-refractivity contribution is 0.0946. The number of nitrogens with zero attached hydrogens (tertiary/aromatic N) is 1. The van der Waals surface area contributed by atoms with Crippen molar-refractivity contribution in [2.24, 2.45) is 0 Å². The Morgan fingerprint density at radius 3 is 2.58 bits per heavy atom. The molecule has 24 heavy (non-hydrogen) atoms. The maximum Gasteiger partial charge on any atom is 0.269 e. The molecule has 3 aromatic rings. The molecule has 0 saturated heterocycles. The Hall–Kier alpha value is -2.40. The van der Waals surface area contributed by atoms with Crippen molar-refractivity contribution in [3.8, 4) is 11.3 Å². The van der Waals surface area contributed by atoms with Crippen molar-refractivity contribution in [2.75, 3.05) is 6.54 Å². The fourth-order valence-corrected chi connectivity index (χ4v) is 2.71. The molecule has 0 fully saturated rings. The maximum absolute atomic E-state index is 12.3. The van der Waals surface area contributed by atoms with E-state index in [2.05, 4.69) is 50.5 Å². The van der Waals surface area contributed by atoms with E-state index in [1.165, 1.54) is 5.56 Å². The van der Waals surface area contributed by atoms with Crippen LogP contribution in [0.1, 0.15) is 28.9 Å². The zero-order chi connectivity index (χ0) is 16.9. The lowest BCUT2D eigenvalue weighted by atomic mass is 10.0. The first-order chi connectivity index (χ1) is 11.6. The second kappa shape index (κ2) is 7.45. The SMILES string of the molecule is CC(CNC(=O)c1cc(-c2ccc(Br)cc2)n[nH]1)c1ccccc1. The van der Waals surface area contributed by atoms with Gasteiger partial charge < -0.3 is 5.32 Å². The number of aromatic amines is 1. The summed E-state index contributed by atoms with van der Waals surface area (Å²) in [4.78, 5) is 12.3. The number of carbonyl (C=O) groups is 1. The summed E-state index contributed by atoms with van der Waals surface area (Å²) in [6, 6.07) is 19.7. The first-order valence-corrected chi connectivity index (χ1v) is 8.57. The fourth-order valence-electron chi connectivity index (χ4n) is 2.45. The molecule has 4 nitrogen and oxygen atoms in total. The van der Waals surface area contributed by atoms with Crippen LogP contribution in [0.15, 0.2) is 65.1 Å². The smallest absolute Gasteiger partial charge is 0.269 e. The highest BCUT2D eigenvalue weighted by Crippen LogP contribution is 2.20. The second-order valence-corrected chi connectivity index (χ2v) is 6.61. The minimum Gasteiger partial charge on any atom is -0.350 e. The van der Waals surface area contributed by atoms with Crippen LogP contribution in [0, 0.1) is 0 Å². The monoisotopic (exact) mass is 383 g/mol. The summed E-state index contributed by atoms with van der Waals surface area (Å²) in [5.41, 5.74) is 3.39. The summed E-state index contributed by atoms with van der Waals surface area (Å²) in [6.45, 7) is 2.67.